The standard InChI is InChI=1S/C13H11ClF2N2/c14-9-1-3-11(16)8(5-9)6-12(17)13-4-2-10(15)7-18-13/h1-5,7,12H,6,17H2. The largest absolute Gasteiger partial charge is 0.322 e. The SMILES string of the molecule is NC(Cc1cc(Cl)ccc1F)c1ccc(F)cn1. The van der Waals surface area contributed by atoms with Crippen molar-refractivity contribution in [1.82, 2.24) is 4.98 Å². The van der Waals surface area contributed by atoms with Crippen LogP contribution in [0.3, 0.4) is 0 Å². The third-order valence-electron chi connectivity index (χ3n) is 2.58. The minimum Gasteiger partial charge on any atom is -0.322 e. The van der Waals surface area contributed by atoms with Gasteiger partial charge in [-0.15, -0.1) is 0 Å². The predicted molar refractivity (Wildman–Crippen MR) is 66.2 cm³/mol. The highest BCUT2D eigenvalue weighted by Gasteiger charge is 2.12. The fourth-order valence-electron chi connectivity index (χ4n) is 1.65. The Labute approximate surface area is 108 Å². The maximum absolute atomic E-state index is 13.5. The van der Waals surface area contributed by atoms with Crippen LogP contribution in [-0.4, -0.2) is 4.98 Å². The zero-order valence-electron chi connectivity index (χ0n) is 9.41. The molecule has 18 heavy (non-hydrogen) atoms. The molecule has 1 atom stereocenters. The minimum atomic E-state index is -0.501. The van der Waals surface area contributed by atoms with Gasteiger partial charge in [-0.2, -0.15) is 0 Å². The van der Waals surface area contributed by atoms with Crippen LogP contribution in [0.5, 0.6) is 0 Å². The minimum absolute atomic E-state index is 0.255. The number of hydrogen-bond acceptors (Lipinski definition) is 2. The van der Waals surface area contributed by atoms with Crippen molar-refractivity contribution < 1.29 is 8.78 Å². The second-order valence-electron chi connectivity index (χ2n) is 3.95. The summed E-state index contributed by atoms with van der Waals surface area (Å²) in [5.41, 5.74) is 6.83. The van der Waals surface area contributed by atoms with Crippen LogP contribution < -0.4 is 5.73 Å². The molecule has 0 aliphatic heterocycles. The topological polar surface area (TPSA) is 38.9 Å². The molecular formula is C13H11ClF2N2. The lowest BCUT2D eigenvalue weighted by atomic mass is 10.0. The van der Waals surface area contributed by atoms with Gasteiger partial charge in [-0.3, -0.25) is 4.98 Å². The summed E-state index contributed by atoms with van der Waals surface area (Å²) >= 11 is 5.79. The lowest BCUT2D eigenvalue weighted by Gasteiger charge is -2.12. The lowest BCUT2D eigenvalue weighted by Crippen LogP contribution is -2.15. The molecule has 94 valence electrons. The molecule has 1 heterocycles. The molecule has 0 aliphatic rings. The smallest absolute Gasteiger partial charge is 0.141 e. The van der Waals surface area contributed by atoms with E-state index in [1.165, 1.54) is 30.3 Å². The Balaban J connectivity index is 2.18. The number of benzene rings is 1. The maximum Gasteiger partial charge on any atom is 0.141 e. The van der Waals surface area contributed by atoms with Gasteiger partial charge < -0.3 is 5.73 Å². The van der Waals surface area contributed by atoms with Crippen LogP contribution in [0.1, 0.15) is 17.3 Å². The Bertz CT molecular complexity index is 543. The number of hydrogen-bond donors (Lipinski definition) is 1. The van der Waals surface area contributed by atoms with Crippen LogP contribution in [0, 0.1) is 11.6 Å². The van der Waals surface area contributed by atoms with E-state index < -0.39 is 11.9 Å². The fourth-order valence-corrected chi connectivity index (χ4v) is 1.84. The molecule has 0 saturated heterocycles. The highest BCUT2D eigenvalue weighted by molar-refractivity contribution is 6.30. The average Bonchev–Trinajstić information content (AvgIpc) is 2.34. The number of rotatable bonds is 3. The first-order valence-corrected chi connectivity index (χ1v) is 5.75. The molecule has 0 amide bonds. The van der Waals surface area contributed by atoms with Crippen molar-refractivity contribution in [1.29, 1.82) is 0 Å². The van der Waals surface area contributed by atoms with Crippen LogP contribution in [0.25, 0.3) is 0 Å². The van der Waals surface area contributed by atoms with Crippen molar-refractivity contribution in [3.63, 3.8) is 0 Å². The molecule has 2 nitrogen and oxygen atoms in total. The van der Waals surface area contributed by atoms with E-state index in [4.69, 9.17) is 17.3 Å². The Kier molecular flexibility index (Phi) is 3.89. The highest BCUT2D eigenvalue weighted by Crippen LogP contribution is 2.20. The molecule has 0 saturated carbocycles. The number of nitrogens with zero attached hydrogens (tertiary/aromatic N) is 1. The van der Waals surface area contributed by atoms with E-state index in [0.717, 1.165) is 6.20 Å². The summed E-state index contributed by atoms with van der Waals surface area (Å²) < 4.78 is 26.2. The molecule has 1 aromatic heterocycles. The molecule has 1 unspecified atom stereocenters. The summed E-state index contributed by atoms with van der Waals surface area (Å²) in [6.45, 7) is 0. The third kappa shape index (κ3) is 3.03. The molecule has 0 aliphatic carbocycles. The van der Waals surface area contributed by atoms with E-state index in [1.807, 2.05) is 0 Å². The van der Waals surface area contributed by atoms with Crippen molar-refractivity contribution in [3.05, 3.63) is 64.4 Å². The Morgan fingerprint density at radius 1 is 1.22 bits per heavy atom. The van der Waals surface area contributed by atoms with Gasteiger partial charge in [-0.25, -0.2) is 8.78 Å². The lowest BCUT2D eigenvalue weighted by molar-refractivity contribution is 0.585. The summed E-state index contributed by atoms with van der Waals surface area (Å²) in [6, 6.07) is 6.56. The fraction of sp³-hybridized carbons (Fsp3) is 0.154. The van der Waals surface area contributed by atoms with Crippen molar-refractivity contribution in [2.24, 2.45) is 5.73 Å². The summed E-state index contributed by atoms with van der Waals surface area (Å²) in [6.07, 6.45) is 1.34. The van der Waals surface area contributed by atoms with Gasteiger partial charge in [0.25, 0.3) is 0 Å². The van der Waals surface area contributed by atoms with Crippen molar-refractivity contribution in [3.8, 4) is 0 Å². The van der Waals surface area contributed by atoms with E-state index in [-0.39, 0.29) is 12.2 Å². The molecule has 0 bridgehead atoms. The predicted octanol–water partition coefficient (Wildman–Crippen LogP) is 3.26. The molecule has 5 heteroatoms. The number of halogens is 3. The molecule has 0 spiro atoms. The van der Waals surface area contributed by atoms with Gasteiger partial charge in [0.15, 0.2) is 0 Å². The molecule has 2 aromatic rings. The Hall–Kier alpha value is -1.52. The molecule has 0 radical (unpaired) electrons. The van der Waals surface area contributed by atoms with Gasteiger partial charge >= 0.3 is 0 Å². The van der Waals surface area contributed by atoms with Crippen molar-refractivity contribution in [2.45, 2.75) is 12.5 Å². The quantitative estimate of drug-likeness (QED) is 0.928. The average molecular weight is 269 g/mol. The first kappa shape index (κ1) is 12.9. The van der Waals surface area contributed by atoms with Crippen LogP contribution in [0.15, 0.2) is 36.5 Å². The number of nitrogens with two attached hydrogens (primary N) is 1. The van der Waals surface area contributed by atoms with Crippen molar-refractivity contribution in [2.75, 3.05) is 0 Å². The summed E-state index contributed by atoms with van der Waals surface area (Å²) in [4.78, 5) is 3.87. The van der Waals surface area contributed by atoms with Crippen LogP contribution in [0.2, 0.25) is 5.02 Å². The summed E-state index contributed by atoms with van der Waals surface area (Å²) in [5, 5.41) is 0.450. The van der Waals surface area contributed by atoms with E-state index >= 15 is 0 Å². The second-order valence-corrected chi connectivity index (χ2v) is 4.38. The van der Waals surface area contributed by atoms with E-state index in [0.29, 0.717) is 16.3 Å². The van der Waals surface area contributed by atoms with E-state index in [2.05, 4.69) is 4.98 Å². The molecule has 2 N–H and O–H groups in total. The third-order valence-corrected chi connectivity index (χ3v) is 2.81. The molecule has 1 aromatic carbocycles. The van der Waals surface area contributed by atoms with Gasteiger partial charge in [0, 0.05) is 5.02 Å². The number of aromatic nitrogens is 1. The van der Waals surface area contributed by atoms with Gasteiger partial charge in [0.1, 0.15) is 11.6 Å². The number of pyridine rings is 1. The van der Waals surface area contributed by atoms with Crippen LogP contribution >= 0.6 is 11.6 Å². The summed E-state index contributed by atoms with van der Waals surface area (Å²) in [5.74, 6) is -0.795. The normalized spacial score (nSPS) is 12.4. The van der Waals surface area contributed by atoms with E-state index in [9.17, 15) is 8.78 Å². The monoisotopic (exact) mass is 268 g/mol. The maximum atomic E-state index is 13.5. The summed E-state index contributed by atoms with van der Waals surface area (Å²) in [7, 11) is 0. The van der Waals surface area contributed by atoms with Gasteiger partial charge in [-0.05, 0) is 42.3 Å². The molecule has 0 fully saturated rings. The highest BCUT2D eigenvalue weighted by atomic mass is 35.5. The Morgan fingerprint density at radius 3 is 2.67 bits per heavy atom. The molecular weight excluding hydrogens is 258 g/mol. The molecule has 2 rings (SSSR count). The van der Waals surface area contributed by atoms with Crippen LogP contribution in [0.4, 0.5) is 8.78 Å². The second kappa shape index (κ2) is 5.42. The van der Waals surface area contributed by atoms with Crippen LogP contribution in [-0.2, 0) is 6.42 Å². The zero-order chi connectivity index (χ0) is 13.1. The first-order chi connectivity index (χ1) is 8.56. The van der Waals surface area contributed by atoms with Gasteiger partial charge in [0.05, 0.1) is 17.9 Å². The van der Waals surface area contributed by atoms with Gasteiger partial charge in [-0.1, -0.05) is 11.6 Å². The van der Waals surface area contributed by atoms with Gasteiger partial charge in [0.2, 0.25) is 0 Å². The van der Waals surface area contributed by atoms with E-state index in [1.54, 1.807) is 0 Å². The van der Waals surface area contributed by atoms with Crippen molar-refractivity contribution >= 4 is 11.6 Å². The first-order valence-electron chi connectivity index (χ1n) is 5.37. The zero-order valence-corrected chi connectivity index (χ0v) is 10.2. The Morgan fingerprint density at radius 2 is 2.00 bits per heavy atom.